The van der Waals surface area contributed by atoms with Gasteiger partial charge in [0, 0.05) is 16.8 Å². The van der Waals surface area contributed by atoms with Crippen LogP contribution in [0.5, 0.6) is 0 Å². The fourth-order valence-electron chi connectivity index (χ4n) is 2.80. The van der Waals surface area contributed by atoms with Crippen molar-refractivity contribution in [3.63, 3.8) is 0 Å². The summed E-state index contributed by atoms with van der Waals surface area (Å²) in [6, 6.07) is 9.95. The molecule has 3 rings (SSSR count). The molecule has 0 bridgehead atoms. The van der Waals surface area contributed by atoms with E-state index in [0.29, 0.717) is 15.6 Å². The van der Waals surface area contributed by atoms with Crippen molar-refractivity contribution in [3.05, 3.63) is 58.6 Å². The molecule has 0 saturated carbocycles. The first kappa shape index (κ1) is 19.8. The maximum Gasteiger partial charge on any atom is 0.255 e. The Kier molecular flexibility index (Phi) is 5.14. The summed E-state index contributed by atoms with van der Waals surface area (Å²) in [6.45, 7) is 1.51. The van der Waals surface area contributed by atoms with Gasteiger partial charge in [-0.15, -0.1) is 0 Å². The molecule has 2 aromatic carbocycles. The first-order valence-corrected chi connectivity index (χ1v) is 10.2. The van der Waals surface area contributed by atoms with E-state index in [9.17, 15) is 22.8 Å². The van der Waals surface area contributed by atoms with Crippen molar-refractivity contribution >= 4 is 50.7 Å². The Morgan fingerprint density at radius 2 is 1.75 bits per heavy atom. The lowest BCUT2D eigenvalue weighted by atomic mass is 10.1. The van der Waals surface area contributed by atoms with Crippen molar-refractivity contribution in [2.24, 2.45) is 11.7 Å². The molecule has 1 aliphatic rings. The normalized spacial score (nSPS) is 18.1. The van der Waals surface area contributed by atoms with Crippen molar-refractivity contribution in [3.8, 4) is 0 Å². The average Bonchev–Trinajstić information content (AvgIpc) is 2.83. The number of nitrogens with zero attached hydrogens (tertiary/aromatic N) is 1. The van der Waals surface area contributed by atoms with Crippen LogP contribution in [0, 0.1) is 5.92 Å². The van der Waals surface area contributed by atoms with Gasteiger partial charge in [-0.1, -0.05) is 18.5 Å². The van der Waals surface area contributed by atoms with Gasteiger partial charge in [0.15, 0.2) is 0 Å². The molecule has 28 heavy (non-hydrogen) atoms. The molecule has 10 heteroatoms. The number of hydrogen-bond donors (Lipinski definition) is 2. The predicted molar refractivity (Wildman–Crippen MR) is 105 cm³/mol. The van der Waals surface area contributed by atoms with Crippen molar-refractivity contribution in [2.45, 2.75) is 6.92 Å². The maximum atomic E-state index is 12.5. The van der Waals surface area contributed by atoms with E-state index in [1.54, 1.807) is 0 Å². The number of hydrogen-bond acceptors (Lipinski definition) is 5. The second-order valence-corrected chi connectivity index (χ2v) is 8.61. The molecule has 146 valence electrons. The van der Waals surface area contributed by atoms with E-state index < -0.39 is 33.7 Å². The van der Waals surface area contributed by atoms with Crippen LogP contribution in [0.15, 0.2) is 42.5 Å². The second kappa shape index (κ2) is 7.25. The summed E-state index contributed by atoms with van der Waals surface area (Å²) in [4.78, 5) is 35.9. The van der Waals surface area contributed by atoms with Crippen LogP contribution in [0.2, 0.25) is 5.02 Å². The highest BCUT2D eigenvalue weighted by atomic mass is 35.5. The summed E-state index contributed by atoms with van der Waals surface area (Å²) in [5, 5.41) is 2.65. The minimum Gasteiger partial charge on any atom is -0.366 e. The van der Waals surface area contributed by atoms with Crippen LogP contribution in [0.3, 0.4) is 0 Å². The lowest BCUT2D eigenvalue weighted by Crippen LogP contribution is -2.30. The average molecular weight is 422 g/mol. The molecule has 1 unspecified atom stereocenters. The molecule has 0 spiro atoms. The number of halogens is 1. The third-order valence-corrected chi connectivity index (χ3v) is 6.39. The largest absolute Gasteiger partial charge is 0.366 e. The van der Waals surface area contributed by atoms with E-state index in [0.717, 1.165) is 0 Å². The summed E-state index contributed by atoms with van der Waals surface area (Å²) in [6.07, 6.45) is 0. The second-order valence-electron chi connectivity index (χ2n) is 6.34. The maximum absolute atomic E-state index is 12.5. The number of carbonyl (C=O) groups excluding carboxylic acids is 3. The summed E-state index contributed by atoms with van der Waals surface area (Å²) >= 11 is 6.09. The number of nitrogens with one attached hydrogen (secondary N) is 1. The molecule has 0 radical (unpaired) electrons. The van der Waals surface area contributed by atoms with Gasteiger partial charge in [0.25, 0.3) is 5.91 Å². The standard InChI is InChI=1S/C18H16ClN3O5S/c1-10-9-28(26,27)22(18(10)25)15-8-12(4-7-14(15)19)17(24)21-13-5-2-11(3-6-13)16(20)23/h2-8,10H,9H2,1H3,(H2,20,23)(H,21,24). The summed E-state index contributed by atoms with van der Waals surface area (Å²) in [5.41, 5.74) is 5.92. The van der Waals surface area contributed by atoms with Crippen molar-refractivity contribution in [1.29, 1.82) is 0 Å². The smallest absolute Gasteiger partial charge is 0.255 e. The Labute approximate surface area is 166 Å². The number of anilines is 2. The lowest BCUT2D eigenvalue weighted by Gasteiger charge is -2.17. The molecule has 3 amide bonds. The summed E-state index contributed by atoms with van der Waals surface area (Å²) in [5.74, 6) is -2.73. The number of carbonyl (C=O) groups is 3. The van der Waals surface area contributed by atoms with E-state index in [2.05, 4.69) is 5.32 Å². The minimum absolute atomic E-state index is 0.0355. The van der Waals surface area contributed by atoms with Crippen LogP contribution in [0.1, 0.15) is 27.6 Å². The number of rotatable bonds is 4. The molecular formula is C18H16ClN3O5S. The van der Waals surface area contributed by atoms with Gasteiger partial charge in [-0.05, 0) is 42.5 Å². The van der Waals surface area contributed by atoms with Gasteiger partial charge in [0.2, 0.25) is 21.8 Å². The molecule has 8 nitrogen and oxygen atoms in total. The minimum atomic E-state index is -3.85. The molecular weight excluding hydrogens is 406 g/mol. The summed E-state index contributed by atoms with van der Waals surface area (Å²) < 4.78 is 25.3. The Morgan fingerprint density at radius 1 is 1.14 bits per heavy atom. The highest BCUT2D eigenvalue weighted by Crippen LogP contribution is 2.34. The molecule has 1 fully saturated rings. The Balaban J connectivity index is 1.90. The van der Waals surface area contributed by atoms with Gasteiger partial charge in [-0.2, -0.15) is 0 Å². The third kappa shape index (κ3) is 3.71. The van der Waals surface area contributed by atoms with Gasteiger partial charge >= 0.3 is 0 Å². The molecule has 1 atom stereocenters. The lowest BCUT2D eigenvalue weighted by molar-refractivity contribution is -0.119. The van der Waals surface area contributed by atoms with Gasteiger partial charge in [-0.3, -0.25) is 14.4 Å². The third-order valence-electron chi connectivity index (χ3n) is 4.21. The van der Waals surface area contributed by atoms with E-state index >= 15 is 0 Å². The van der Waals surface area contributed by atoms with Gasteiger partial charge in [0.05, 0.1) is 22.4 Å². The van der Waals surface area contributed by atoms with Crippen LogP contribution < -0.4 is 15.4 Å². The van der Waals surface area contributed by atoms with Crippen molar-refractivity contribution in [1.82, 2.24) is 0 Å². The van der Waals surface area contributed by atoms with Crippen LogP contribution in [0.4, 0.5) is 11.4 Å². The zero-order valence-corrected chi connectivity index (χ0v) is 16.3. The number of sulfonamides is 1. The number of nitrogens with two attached hydrogens (primary N) is 1. The van der Waals surface area contributed by atoms with Crippen LogP contribution in [-0.2, 0) is 14.8 Å². The number of benzene rings is 2. The van der Waals surface area contributed by atoms with Gasteiger partial charge < -0.3 is 11.1 Å². The SMILES string of the molecule is CC1CS(=O)(=O)N(c2cc(C(=O)Nc3ccc(C(N)=O)cc3)ccc2Cl)C1=O. The molecule has 0 aromatic heterocycles. The van der Waals surface area contributed by atoms with Crippen molar-refractivity contribution < 1.29 is 22.8 Å². The number of amides is 3. The zero-order valence-electron chi connectivity index (χ0n) is 14.7. The van der Waals surface area contributed by atoms with Crippen molar-refractivity contribution in [2.75, 3.05) is 15.4 Å². The van der Waals surface area contributed by atoms with E-state index in [-0.39, 0.29) is 22.0 Å². The van der Waals surface area contributed by atoms with Gasteiger partial charge in [0.1, 0.15) is 0 Å². The Morgan fingerprint density at radius 3 is 2.29 bits per heavy atom. The highest BCUT2D eigenvalue weighted by Gasteiger charge is 2.43. The fourth-order valence-corrected chi connectivity index (χ4v) is 4.88. The first-order chi connectivity index (χ1) is 13.1. The molecule has 2 aromatic rings. The Hall–Kier alpha value is -2.91. The highest BCUT2D eigenvalue weighted by molar-refractivity contribution is 7.94. The molecule has 1 saturated heterocycles. The zero-order chi connectivity index (χ0) is 20.6. The summed E-state index contributed by atoms with van der Waals surface area (Å²) in [7, 11) is -3.85. The molecule has 1 heterocycles. The molecule has 3 N–H and O–H groups in total. The van der Waals surface area contributed by atoms with Crippen LogP contribution >= 0.6 is 11.6 Å². The fraction of sp³-hybridized carbons (Fsp3) is 0.167. The van der Waals surface area contributed by atoms with E-state index in [1.165, 1.54) is 49.4 Å². The number of primary amides is 1. The van der Waals surface area contributed by atoms with Crippen LogP contribution in [0.25, 0.3) is 0 Å². The molecule has 1 aliphatic heterocycles. The van der Waals surface area contributed by atoms with Gasteiger partial charge in [-0.25, -0.2) is 12.7 Å². The topological polar surface area (TPSA) is 127 Å². The van der Waals surface area contributed by atoms with E-state index in [1.807, 2.05) is 0 Å². The first-order valence-electron chi connectivity index (χ1n) is 8.18. The quantitative estimate of drug-likeness (QED) is 0.780. The molecule has 0 aliphatic carbocycles. The van der Waals surface area contributed by atoms with E-state index in [4.69, 9.17) is 17.3 Å². The monoisotopic (exact) mass is 421 g/mol. The predicted octanol–water partition coefficient (Wildman–Crippen LogP) is 2.00. The van der Waals surface area contributed by atoms with Crippen LogP contribution in [-0.4, -0.2) is 31.9 Å². The Bertz CT molecular complexity index is 1080.